The van der Waals surface area contributed by atoms with E-state index >= 15 is 0 Å². The number of carbonyl (C=O) groups is 2. The Hall–Kier alpha value is -2.01. The number of Topliss-reactive ketones (excluding diaryl/α,β-unsaturated/α-hetero) is 1. The molecule has 5 heteroatoms. The van der Waals surface area contributed by atoms with Gasteiger partial charge in [0, 0.05) is 11.3 Å². The molecule has 0 amide bonds. The molecule has 0 saturated carbocycles. The Morgan fingerprint density at radius 1 is 1.10 bits per heavy atom. The van der Waals surface area contributed by atoms with Gasteiger partial charge in [0.1, 0.15) is 5.82 Å². The van der Waals surface area contributed by atoms with Gasteiger partial charge in [0.25, 0.3) is 0 Å². The van der Waals surface area contributed by atoms with Crippen molar-refractivity contribution in [1.29, 1.82) is 0 Å². The molecule has 2 rings (SSSR count). The van der Waals surface area contributed by atoms with Crippen LogP contribution >= 0.6 is 11.3 Å². The van der Waals surface area contributed by atoms with E-state index in [1.807, 2.05) is 0 Å². The summed E-state index contributed by atoms with van der Waals surface area (Å²) in [7, 11) is 1.33. The van der Waals surface area contributed by atoms with Crippen molar-refractivity contribution in [1.82, 2.24) is 0 Å². The van der Waals surface area contributed by atoms with Gasteiger partial charge in [-0.3, -0.25) is 9.59 Å². The Labute approximate surface area is 120 Å². The van der Waals surface area contributed by atoms with Crippen molar-refractivity contribution in [2.24, 2.45) is 0 Å². The molecular formula is C15H13FO3S. The topological polar surface area (TPSA) is 43.4 Å². The van der Waals surface area contributed by atoms with Gasteiger partial charge in [-0.2, -0.15) is 0 Å². The summed E-state index contributed by atoms with van der Waals surface area (Å²) >= 11 is 1.28. The second kappa shape index (κ2) is 6.43. The molecule has 0 bridgehead atoms. The second-order valence-corrected chi connectivity index (χ2v) is 5.41. The van der Waals surface area contributed by atoms with E-state index in [-0.39, 0.29) is 30.4 Å². The molecule has 1 heterocycles. The predicted octanol–water partition coefficient (Wildman–Crippen LogP) is 3.03. The minimum Gasteiger partial charge on any atom is -0.469 e. The Morgan fingerprint density at radius 2 is 1.80 bits per heavy atom. The molecule has 0 N–H and O–H groups in total. The monoisotopic (exact) mass is 292 g/mol. The Kier molecular flexibility index (Phi) is 4.63. The van der Waals surface area contributed by atoms with Crippen LogP contribution in [0.3, 0.4) is 0 Å². The molecule has 0 fully saturated rings. The summed E-state index contributed by atoms with van der Waals surface area (Å²) in [5.74, 6) is -0.695. The number of rotatable bonds is 5. The van der Waals surface area contributed by atoms with E-state index in [9.17, 15) is 14.0 Å². The smallest absolute Gasteiger partial charge is 0.310 e. The molecule has 3 nitrogen and oxygen atoms in total. The molecule has 1 aromatic carbocycles. The van der Waals surface area contributed by atoms with Gasteiger partial charge in [0.2, 0.25) is 0 Å². The molecule has 2 aromatic rings. The van der Waals surface area contributed by atoms with Gasteiger partial charge < -0.3 is 4.74 Å². The van der Waals surface area contributed by atoms with Crippen molar-refractivity contribution in [2.45, 2.75) is 12.8 Å². The van der Waals surface area contributed by atoms with Gasteiger partial charge in [-0.1, -0.05) is 12.1 Å². The highest BCUT2D eigenvalue weighted by atomic mass is 32.1. The average Bonchev–Trinajstić information content (AvgIpc) is 2.89. The van der Waals surface area contributed by atoms with Crippen LogP contribution in [0.5, 0.6) is 0 Å². The lowest BCUT2D eigenvalue weighted by Crippen LogP contribution is -2.03. The molecule has 0 aliphatic rings. The summed E-state index contributed by atoms with van der Waals surface area (Å²) in [4.78, 5) is 24.6. The van der Waals surface area contributed by atoms with E-state index in [2.05, 4.69) is 4.74 Å². The first-order valence-corrected chi connectivity index (χ1v) is 6.83. The largest absolute Gasteiger partial charge is 0.469 e. The van der Waals surface area contributed by atoms with Crippen molar-refractivity contribution in [3.63, 3.8) is 0 Å². The number of carbonyl (C=O) groups excluding carboxylic acids is 2. The number of thiophene rings is 1. The maximum absolute atomic E-state index is 12.8. The minimum absolute atomic E-state index is 0.0438. The van der Waals surface area contributed by atoms with Crippen LogP contribution in [0.25, 0.3) is 0 Å². The molecule has 0 radical (unpaired) electrons. The van der Waals surface area contributed by atoms with E-state index in [0.29, 0.717) is 4.88 Å². The number of ketones is 1. The summed E-state index contributed by atoms with van der Waals surface area (Å²) in [6.45, 7) is 0. The highest BCUT2D eigenvalue weighted by Gasteiger charge is 2.12. The van der Waals surface area contributed by atoms with Crippen LogP contribution in [0.4, 0.5) is 4.39 Å². The number of hydrogen-bond acceptors (Lipinski definition) is 4. The van der Waals surface area contributed by atoms with E-state index in [1.165, 1.54) is 30.6 Å². The fourth-order valence-electron chi connectivity index (χ4n) is 1.71. The fraction of sp³-hybridized carbons (Fsp3) is 0.200. The lowest BCUT2D eigenvalue weighted by atomic mass is 10.1. The molecule has 0 atom stereocenters. The van der Waals surface area contributed by atoms with Gasteiger partial charge in [0.15, 0.2) is 5.78 Å². The van der Waals surface area contributed by atoms with E-state index in [4.69, 9.17) is 0 Å². The lowest BCUT2D eigenvalue weighted by Gasteiger charge is -1.99. The van der Waals surface area contributed by atoms with Gasteiger partial charge >= 0.3 is 5.97 Å². The van der Waals surface area contributed by atoms with Crippen LogP contribution in [-0.4, -0.2) is 18.9 Å². The third kappa shape index (κ3) is 3.74. The van der Waals surface area contributed by atoms with E-state index in [1.54, 1.807) is 24.3 Å². The molecule has 0 spiro atoms. The third-order valence-corrected chi connectivity index (χ3v) is 3.89. The number of methoxy groups -OCH3 is 1. The summed E-state index contributed by atoms with van der Waals surface area (Å²) in [5, 5.41) is 0. The summed E-state index contributed by atoms with van der Waals surface area (Å²) in [6, 6.07) is 9.31. The molecule has 0 saturated heterocycles. The summed E-state index contributed by atoms with van der Waals surface area (Å²) in [6.07, 6.45) is 0.392. The van der Waals surface area contributed by atoms with Crippen LogP contribution in [-0.2, 0) is 22.4 Å². The highest BCUT2D eigenvalue weighted by Crippen LogP contribution is 2.19. The Balaban J connectivity index is 2.02. The van der Waals surface area contributed by atoms with Gasteiger partial charge in [-0.25, -0.2) is 4.39 Å². The standard InChI is InChI=1S/C15H13FO3S/c1-19-15(18)9-12-6-7-14(20-12)13(17)8-10-2-4-11(16)5-3-10/h2-7H,8-9H2,1H3. The Morgan fingerprint density at radius 3 is 2.45 bits per heavy atom. The van der Waals surface area contributed by atoms with Crippen LogP contribution in [0, 0.1) is 5.82 Å². The minimum atomic E-state index is -0.329. The van der Waals surface area contributed by atoms with Crippen LogP contribution in [0.2, 0.25) is 0 Å². The second-order valence-electron chi connectivity index (χ2n) is 4.25. The van der Waals surface area contributed by atoms with E-state index in [0.717, 1.165) is 10.4 Å². The van der Waals surface area contributed by atoms with Crippen LogP contribution in [0.15, 0.2) is 36.4 Å². The van der Waals surface area contributed by atoms with E-state index < -0.39 is 0 Å². The summed E-state index contributed by atoms with van der Waals surface area (Å²) in [5.41, 5.74) is 0.763. The number of ether oxygens (including phenoxy) is 1. The first-order chi connectivity index (χ1) is 9.58. The lowest BCUT2D eigenvalue weighted by molar-refractivity contribution is -0.139. The van der Waals surface area contributed by atoms with Gasteiger partial charge in [-0.05, 0) is 29.8 Å². The maximum atomic E-state index is 12.8. The molecule has 0 aliphatic carbocycles. The first kappa shape index (κ1) is 14.4. The number of benzene rings is 1. The Bertz CT molecular complexity index is 616. The molecule has 20 heavy (non-hydrogen) atoms. The first-order valence-electron chi connectivity index (χ1n) is 6.01. The van der Waals surface area contributed by atoms with Crippen molar-refractivity contribution in [2.75, 3.05) is 7.11 Å². The SMILES string of the molecule is COC(=O)Cc1ccc(C(=O)Cc2ccc(F)cc2)s1. The molecule has 1 aromatic heterocycles. The number of hydrogen-bond donors (Lipinski definition) is 0. The van der Waals surface area contributed by atoms with Crippen LogP contribution < -0.4 is 0 Å². The molecular weight excluding hydrogens is 279 g/mol. The molecule has 0 unspecified atom stereocenters. The van der Waals surface area contributed by atoms with Crippen molar-refractivity contribution < 1.29 is 18.7 Å². The zero-order chi connectivity index (χ0) is 14.5. The third-order valence-electron chi connectivity index (χ3n) is 2.76. The quantitative estimate of drug-likeness (QED) is 0.628. The summed E-state index contributed by atoms with van der Waals surface area (Å²) < 4.78 is 17.4. The van der Waals surface area contributed by atoms with Crippen molar-refractivity contribution in [3.8, 4) is 0 Å². The normalized spacial score (nSPS) is 10.3. The van der Waals surface area contributed by atoms with Crippen molar-refractivity contribution >= 4 is 23.1 Å². The predicted molar refractivity (Wildman–Crippen MR) is 74.5 cm³/mol. The highest BCUT2D eigenvalue weighted by molar-refractivity contribution is 7.14. The van der Waals surface area contributed by atoms with Gasteiger partial charge in [-0.15, -0.1) is 11.3 Å². The maximum Gasteiger partial charge on any atom is 0.310 e. The zero-order valence-electron chi connectivity index (χ0n) is 10.9. The van der Waals surface area contributed by atoms with Crippen LogP contribution in [0.1, 0.15) is 20.1 Å². The molecule has 104 valence electrons. The number of esters is 1. The zero-order valence-corrected chi connectivity index (χ0v) is 11.7. The number of halogens is 1. The van der Waals surface area contributed by atoms with Crippen molar-refractivity contribution in [3.05, 3.63) is 57.5 Å². The average molecular weight is 292 g/mol. The molecule has 0 aliphatic heterocycles. The fourth-order valence-corrected chi connectivity index (χ4v) is 2.64. The van der Waals surface area contributed by atoms with Gasteiger partial charge in [0.05, 0.1) is 18.4 Å².